The molecule has 1 N–H and O–H groups in total. The van der Waals surface area contributed by atoms with Crippen molar-refractivity contribution < 1.29 is 18.0 Å². The number of piperazine rings is 1. The molecule has 1 aliphatic rings. The highest BCUT2D eigenvalue weighted by atomic mass is 19.4. The molecule has 0 aliphatic carbocycles. The summed E-state index contributed by atoms with van der Waals surface area (Å²) in [6.07, 6.45) is -4.16. The second-order valence-corrected chi connectivity index (χ2v) is 4.93. The molecule has 1 rings (SSSR count). The number of amides is 1. The quantitative estimate of drug-likeness (QED) is 0.814. The lowest BCUT2D eigenvalue weighted by Crippen LogP contribution is -2.52. The third-order valence-electron chi connectivity index (χ3n) is 3.21. The molecular weight excluding hydrogens is 259 g/mol. The monoisotopic (exact) mass is 281 g/mol. The summed E-state index contributed by atoms with van der Waals surface area (Å²) < 4.78 is 36.7. The number of carbonyl (C=O) groups excluding carboxylic acids is 1. The molecule has 1 amide bonds. The lowest BCUT2D eigenvalue weighted by Gasteiger charge is -2.36. The molecule has 1 atom stereocenters. The normalized spacial score (nSPS) is 19.5. The second kappa shape index (κ2) is 7.09. The van der Waals surface area contributed by atoms with Gasteiger partial charge in [-0.1, -0.05) is 13.8 Å². The van der Waals surface area contributed by atoms with Crippen LogP contribution in [0, 0.1) is 5.92 Å². The fourth-order valence-corrected chi connectivity index (χ4v) is 2.14. The van der Waals surface area contributed by atoms with E-state index in [1.54, 1.807) is 4.90 Å². The van der Waals surface area contributed by atoms with Crippen LogP contribution in [0.4, 0.5) is 13.2 Å². The number of alkyl halides is 3. The third kappa shape index (κ3) is 5.78. The van der Waals surface area contributed by atoms with Crippen molar-refractivity contribution in [3.63, 3.8) is 0 Å². The highest BCUT2D eigenvalue weighted by Gasteiger charge is 2.33. The van der Waals surface area contributed by atoms with Crippen LogP contribution in [0.5, 0.6) is 0 Å². The highest BCUT2D eigenvalue weighted by Crippen LogP contribution is 2.17. The van der Waals surface area contributed by atoms with E-state index in [4.69, 9.17) is 0 Å². The summed E-state index contributed by atoms with van der Waals surface area (Å²) >= 11 is 0. The third-order valence-corrected chi connectivity index (χ3v) is 3.21. The molecule has 0 aromatic heterocycles. The van der Waals surface area contributed by atoms with Crippen molar-refractivity contribution in [1.29, 1.82) is 0 Å². The van der Waals surface area contributed by atoms with Crippen molar-refractivity contribution in [3.05, 3.63) is 0 Å². The lowest BCUT2D eigenvalue weighted by molar-refractivity contribution is -0.152. The van der Waals surface area contributed by atoms with Gasteiger partial charge in [-0.2, -0.15) is 13.2 Å². The zero-order valence-corrected chi connectivity index (χ0v) is 11.5. The van der Waals surface area contributed by atoms with Crippen LogP contribution >= 0.6 is 0 Å². The topological polar surface area (TPSA) is 35.6 Å². The fourth-order valence-electron chi connectivity index (χ4n) is 2.14. The summed E-state index contributed by atoms with van der Waals surface area (Å²) in [5.74, 6) is -0.110. The fraction of sp³-hybridized carbons (Fsp3) is 0.917. The number of carbonyl (C=O) groups is 1. The van der Waals surface area contributed by atoms with Crippen LogP contribution in [0.25, 0.3) is 0 Å². The molecule has 1 heterocycles. The first-order chi connectivity index (χ1) is 8.83. The Morgan fingerprint density at radius 2 is 1.84 bits per heavy atom. The maximum Gasteiger partial charge on any atom is 0.401 e. The number of halogens is 3. The van der Waals surface area contributed by atoms with Gasteiger partial charge in [-0.05, 0) is 6.54 Å². The Bertz CT molecular complexity index is 288. The Balaban J connectivity index is 2.34. The smallest absolute Gasteiger partial charge is 0.340 e. The summed E-state index contributed by atoms with van der Waals surface area (Å²) in [5.41, 5.74) is 0. The number of nitrogens with zero attached hydrogens (tertiary/aromatic N) is 2. The zero-order chi connectivity index (χ0) is 14.5. The van der Waals surface area contributed by atoms with Gasteiger partial charge in [0.2, 0.25) is 5.91 Å². The molecule has 0 saturated carbocycles. The SMILES string of the molecule is CCNCC(C)C(=O)N1CCN(CC(F)(F)F)CC1. The number of rotatable bonds is 5. The van der Waals surface area contributed by atoms with Crippen LogP contribution in [-0.2, 0) is 4.79 Å². The molecule has 19 heavy (non-hydrogen) atoms. The summed E-state index contributed by atoms with van der Waals surface area (Å²) in [6, 6.07) is 0. The van der Waals surface area contributed by atoms with Gasteiger partial charge in [0.25, 0.3) is 0 Å². The van der Waals surface area contributed by atoms with E-state index in [0.717, 1.165) is 6.54 Å². The molecule has 0 spiro atoms. The van der Waals surface area contributed by atoms with Crippen LogP contribution < -0.4 is 5.32 Å². The van der Waals surface area contributed by atoms with E-state index in [9.17, 15) is 18.0 Å². The van der Waals surface area contributed by atoms with Crippen molar-refractivity contribution in [2.24, 2.45) is 5.92 Å². The van der Waals surface area contributed by atoms with Gasteiger partial charge in [-0.15, -0.1) is 0 Å². The molecule has 112 valence electrons. The minimum Gasteiger partial charge on any atom is -0.340 e. The van der Waals surface area contributed by atoms with Crippen LogP contribution in [0.1, 0.15) is 13.8 Å². The van der Waals surface area contributed by atoms with E-state index >= 15 is 0 Å². The second-order valence-electron chi connectivity index (χ2n) is 4.93. The van der Waals surface area contributed by atoms with E-state index in [1.807, 2.05) is 13.8 Å². The van der Waals surface area contributed by atoms with Crippen molar-refractivity contribution in [3.8, 4) is 0 Å². The van der Waals surface area contributed by atoms with Crippen LogP contribution in [-0.4, -0.2) is 67.7 Å². The van der Waals surface area contributed by atoms with E-state index in [1.165, 1.54) is 4.90 Å². The molecule has 7 heteroatoms. The Morgan fingerprint density at radius 1 is 1.26 bits per heavy atom. The number of hydrogen-bond acceptors (Lipinski definition) is 3. The van der Waals surface area contributed by atoms with Crippen molar-refractivity contribution in [2.75, 3.05) is 45.8 Å². The molecule has 1 aliphatic heterocycles. The molecule has 0 bridgehead atoms. The minimum atomic E-state index is -4.16. The van der Waals surface area contributed by atoms with Crippen LogP contribution in [0.2, 0.25) is 0 Å². The van der Waals surface area contributed by atoms with E-state index in [0.29, 0.717) is 32.7 Å². The van der Waals surface area contributed by atoms with E-state index in [-0.39, 0.29) is 11.8 Å². The molecular formula is C12H22F3N3O. The minimum absolute atomic E-state index is 0.0209. The maximum atomic E-state index is 12.2. The summed E-state index contributed by atoms with van der Waals surface area (Å²) in [4.78, 5) is 15.0. The van der Waals surface area contributed by atoms with E-state index < -0.39 is 12.7 Å². The van der Waals surface area contributed by atoms with Crippen LogP contribution in [0.15, 0.2) is 0 Å². The molecule has 0 aromatic carbocycles. The van der Waals surface area contributed by atoms with Gasteiger partial charge in [-0.3, -0.25) is 9.69 Å². The van der Waals surface area contributed by atoms with Gasteiger partial charge in [0.05, 0.1) is 6.54 Å². The molecule has 0 aromatic rings. The predicted molar refractivity (Wildman–Crippen MR) is 66.8 cm³/mol. The Kier molecular flexibility index (Phi) is 6.06. The largest absolute Gasteiger partial charge is 0.401 e. The van der Waals surface area contributed by atoms with Crippen molar-refractivity contribution in [2.45, 2.75) is 20.0 Å². The maximum absolute atomic E-state index is 12.2. The summed E-state index contributed by atoms with van der Waals surface area (Å²) in [5, 5.41) is 3.10. The summed E-state index contributed by atoms with van der Waals surface area (Å²) in [6.45, 7) is 5.67. The van der Waals surface area contributed by atoms with E-state index in [2.05, 4.69) is 5.32 Å². The van der Waals surface area contributed by atoms with Crippen molar-refractivity contribution >= 4 is 5.91 Å². The van der Waals surface area contributed by atoms with Gasteiger partial charge >= 0.3 is 6.18 Å². The Morgan fingerprint density at radius 3 is 2.32 bits per heavy atom. The standard InChI is InChI=1S/C12H22F3N3O/c1-3-16-8-10(2)11(19)18-6-4-17(5-7-18)9-12(13,14)15/h10,16H,3-9H2,1-2H3. The number of nitrogens with one attached hydrogen (secondary N) is 1. The average molecular weight is 281 g/mol. The van der Waals surface area contributed by atoms with Crippen molar-refractivity contribution in [1.82, 2.24) is 15.1 Å². The lowest BCUT2D eigenvalue weighted by atomic mass is 10.1. The van der Waals surface area contributed by atoms with Gasteiger partial charge in [0, 0.05) is 38.6 Å². The molecule has 1 saturated heterocycles. The Hall–Kier alpha value is -0.820. The zero-order valence-electron chi connectivity index (χ0n) is 11.5. The van der Waals surface area contributed by atoms with Crippen LogP contribution in [0.3, 0.4) is 0 Å². The van der Waals surface area contributed by atoms with Gasteiger partial charge in [0.15, 0.2) is 0 Å². The molecule has 1 fully saturated rings. The van der Waals surface area contributed by atoms with Gasteiger partial charge < -0.3 is 10.2 Å². The van der Waals surface area contributed by atoms with Gasteiger partial charge in [0.1, 0.15) is 0 Å². The molecule has 0 radical (unpaired) electrons. The molecule has 1 unspecified atom stereocenters. The number of hydrogen-bond donors (Lipinski definition) is 1. The first-order valence-corrected chi connectivity index (χ1v) is 6.62. The highest BCUT2D eigenvalue weighted by molar-refractivity contribution is 5.78. The first kappa shape index (κ1) is 16.2. The average Bonchev–Trinajstić information content (AvgIpc) is 2.34. The van der Waals surface area contributed by atoms with Gasteiger partial charge in [-0.25, -0.2) is 0 Å². The predicted octanol–water partition coefficient (Wildman–Crippen LogP) is 0.938. The summed E-state index contributed by atoms with van der Waals surface area (Å²) in [7, 11) is 0. The molecule has 4 nitrogen and oxygen atoms in total. The Labute approximate surface area is 111 Å². The first-order valence-electron chi connectivity index (χ1n) is 6.62.